The molecule has 136 valence electrons. The Kier molecular flexibility index (Phi) is 6.09. The minimum atomic E-state index is -0.112. The van der Waals surface area contributed by atoms with Gasteiger partial charge in [-0.05, 0) is 18.4 Å². The molecule has 8 heteroatoms. The maximum Gasteiger partial charge on any atom is 0.261 e. The quantitative estimate of drug-likeness (QED) is 0.804. The minimum Gasteiger partial charge on any atom is -0.347 e. The summed E-state index contributed by atoms with van der Waals surface area (Å²) in [7, 11) is 1.80. The molecule has 0 saturated heterocycles. The molecule has 1 atom stereocenters. The van der Waals surface area contributed by atoms with E-state index in [0.29, 0.717) is 21.7 Å². The van der Waals surface area contributed by atoms with Gasteiger partial charge in [0.15, 0.2) is 0 Å². The standard InChI is InChI=1S/C17H24ClN5OS/c1-23-14(10-20-22-23)13-8-15(25-16(13)18)17(24)21-12(9-19)7-11-5-3-2-4-6-11/h8,10-12H,2-7,9,19H2,1H3,(H,21,24). The number of nitrogens with zero attached hydrogens (tertiary/aromatic N) is 3. The number of hydrogen-bond acceptors (Lipinski definition) is 5. The Morgan fingerprint density at radius 3 is 2.88 bits per heavy atom. The number of aryl methyl sites for hydroxylation is 1. The fourth-order valence-electron chi connectivity index (χ4n) is 3.48. The van der Waals surface area contributed by atoms with Gasteiger partial charge in [0.05, 0.1) is 16.8 Å². The molecular formula is C17H24ClN5OS. The molecule has 0 bridgehead atoms. The van der Waals surface area contributed by atoms with Crippen LogP contribution < -0.4 is 11.1 Å². The third-order valence-electron chi connectivity index (χ3n) is 4.86. The summed E-state index contributed by atoms with van der Waals surface area (Å²) < 4.78 is 2.20. The van der Waals surface area contributed by atoms with Crippen LogP contribution in [0.1, 0.15) is 48.2 Å². The number of thiophene rings is 1. The zero-order valence-electron chi connectivity index (χ0n) is 14.4. The Bertz CT molecular complexity index is 722. The van der Waals surface area contributed by atoms with Gasteiger partial charge < -0.3 is 11.1 Å². The molecule has 2 heterocycles. The monoisotopic (exact) mass is 381 g/mol. The summed E-state index contributed by atoms with van der Waals surface area (Å²) in [5, 5.41) is 10.9. The Morgan fingerprint density at radius 2 is 2.24 bits per heavy atom. The van der Waals surface area contributed by atoms with Crippen molar-refractivity contribution in [3.8, 4) is 11.3 Å². The van der Waals surface area contributed by atoms with E-state index in [1.54, 1.807) is 24.0 Å². The molecule has 1 unspecified atom stereocenters. The molecule has 2 aromatic heterocycles. The molecular weight excluding hydrogens is 358 g/mol. The van der Waals surface area contributed by atoms with Gasteiger partial charge in [-0.3, -0.25) is 4.79 Å². The molecule has 1 aliphatic carbocycles. The second kappa shape index (κ2) is 8.29. The molecule has 3 rings (SSSR count). The lowest BCUT2D eigenvalue weighted by atomic mass is 9.85. The molecule has 0 aromatic carbocycles. The first-order valence-electron chi connectivity index (χ1n) is 8.73. The summed E-state index contributed by atoms with van der Waals surface area (Å²) in [5.41, 5.74) is 7.46. The van der Waals surface area contributed by atoms with Gasteiger partial charge in [-0.15, -0.1) is 16.4 Å². The van der Waals surface area contributed by atoms with Crippen LogP contribution in [0.3, 0.4) is 0 Å². The maximum absolute atomic E-state index is 12.6. The van der Waals surface area contributed by atoms with Crippen LogP contribution in [-0.2, 0) is 7.05 Å². The normalized spacial score (nSPS) is 16.8. The van der Waals surface area contributed by atoms with Gasteiger partial charge in [0.1, 0.15) is 4.34 Å². The van der Waals surface area contributed by atoms with Crippen LogP contribution in [0, 0.1) is 5.92 Å². The lowest BCUT2D eigenvalue weighted by Gasteiger charge is -2.26. The number of halogens is 1. The van der Waals surface area contributed by atoms with Gasteiger partial charge in [0, 0.05) is 25.2 Å². The van der Waals surface area contributed by atoms with Gasteiger partial charge in [0.2, 0.25) is 0 Å². The topological polar surface area (TPSA) is 85.8 Å². The van der Waals surface area contributed by atoms with Crippen LogP contribution in [-0.4, -0.2) is 33.5 Å². The second-order valence-electron chi connectivity index (χ2n) is 6.69. The van der Waals surface area contributed by atoms with Crippen molar-refractivity contribution in [3.63, 3.8) is 0 Å². The molecule has 1 amide bonds. The highest BCUT2D eigenvalue weighted by atomic mass is 35.5. The van der Waals surface area contributed by atoms with Crippen LogP contribution >= 0.6 is 22.9 Å². The van der Waals surface area contributed by atoms with Crippen molar-refractivity contribution in [2.24, 2.45) is 18.7 Å². The summed E-state index contributed by atoms with van der Waals surface area (Å²) in [6, 6.07) is 1.81. The van der Waals surface area contributed by atoms with Crippen LogP contribution in [0.5, 0.6) is 0 Å². The van der Waals surface area contributed by atoms with Gasteiger partial charge in [0.25, 0.3) is 5.91 Å². The lowest BCUT2D eigenvalue weighted by Crippen LogP contribution is -2.41. The number of amides is 1. The van der Waals surface area contributed by atoms with Crippen molar-refractivity contribution in [1.29, 1.82) is 0 Å². The molecule has 3 N–H and O–H groups in total. The highest BCUT2D eigenvalue weighted by Crippen LogP contribution is 2.35. The molecule has 0 radical (unpaired) electrons. The Morgan fingerprint density at radius 1 is 1.48 bits per heavy atom. The fraction of sp³-hybridized carbons (Fsp3) is 0.588. The third-order valence-corrected chi connectivity index (χ3v) is 6.22. The van der Waals surface area contributed by atoms with E-state index in [-0.39, 0.29) is 11.9 Å². The Balaban J connectivity index is 1.67. The van der Waals surface area contributed by atoms with Gasteiger partial charge in [-0.25, -0.2) is 4.68 Å². The third kappa shape index (κ3) is 4.40. The first kappa shape index (κ1) is 18.4. The van der Waals surface area contributed by atoms with Crippen molar-refractivity contribution in [2.75, 3.05) is 6.54 Å². The Labute approximate surface area is 156 Å². The second-order valence-corrected chi connectivity index (χ2v) is 8.34. The highest BCUT2D eigenvalue weighted by Gasteiger charge is 2.22. The summed E-state index contributed by atoms with van der Waals surface area (Å²) in [6.45, 7) is 0.458. The predicted octanol–water partition coefficient (Wildman–Crippen LogP) is 3.22. The smallest absolute Gasteiger partial charge is 0.261 e. The first-order valence-corrected chi connectivity index (χ1v) is 9.93. The number of hydrogen-bond donors (Lipinski definition) is 2. The number of nitrogens with two attached hydrogens (primary N) is 1. The SMILES string of the molecule is Cn1nncc1-c1cc(C(=O)NC(CN)CC2CCCCC2)sc1Cl. The molecule has 1 aliphatic rings. The largest absolute Gasteiger partial charge is 0.347 e. The maximum atomic E-state index is 12.6. The van der Waals surface area contributed by atoms with Gasteiger partial charge >= 0.3 is 0 Å². The molecule has 1 fully saturated rings. The van der Waals surface area contributed by atoms with Crippen molar-refractivity contribution < 1.29 is 4.79 Å². The Hall–Kier alpha value is -1.44. The first-order chi connectivity index (χ1) is 12.1. The number of nitrogens with one attached hydrogen (secondary N) is 1. The van der Waals surface area contributed by atoms with Crippen molar-refractivity contribution in [2.45, 2.75) is 44.6 Å². The van der Waals surface area contributed by atoms with Crippen LogP contribution in [0.25, 0.3) is 11.3 Å². The van der Waals surface area contributed by atoms with Gasteiger partial charge in [-0.1, -0.05) is 48.9 Å². The molecule has 2 aromatic rings. The summed E-state index contributed by atoms with van der Waals surface area (Å²) in [6.07, 6.45) is 9.00. The van der Waals surface area contributed by atoms with Crippen LogP contribution in [0.2, 0.25) is 4.34 Å². The summed E-state index contributed by atoms with van der Waals surface area (Å²) in [4.78, 5) is 13.2. The summed E-state index contributed by atoms with van der Waals surface area (Å²) >= 11 is 7.60. The average Bonchev–Trinajstić information content (AvgIpc) is 3.20. The molecule has 6 nitrogen and oxygen atoms in total. The van der Waals surface area contributed by atoms with Crippen LogP contribution in [0.4, 0.5) is 0 Å². The molecule has 1 saturated carbocycles. The van der Waals surface area contributed by atoms with E-state index in [9.17, 15) is 4.79 Å². The fourth-order valence-corrected chi connectivity index (χ4v) is 4.68. The lowest BCUT2D eigenvalue weighted by molar-refractivity contribution is 0.0934. The van der Waals surface area contributed by atoms with E-state index in [1.165, 1.54) is 43.4 Å². The predicted molar refractivity (Wildman–Crippen MR) is 101 cm³/mol. The van der Waals surface area contributed by atoms with Crippen LogP contribution in [0.15, 0.2) is 12.3 Å². The molecule has 25 heavy (non-hydrogen) atoms. The molecule has 0 aliphatic heterocycles. The van der Waals surface area contributed by atoms with E-state index < -0.39 is 0 Å². The number of rotatable bonds is 6. The number of carbonyl (C=O) groups is 1. The molecule has 0 spiro atoms. The van der Waals surface area contributed by atoms with E-state index >= 15 is 0 Å². The van der Waals surface area contributed by atoms with Crippen molar-refractivity contribution >= 4 is 28.8 Å². The van der Waals surface area contributed by atoms with E-state index in [1.807, 2.05) is 0 Å². The number of aromatic nitrogens is 3. The van der Waals surface area contributed by atoms with E-state index in [2.05, 4.69) is 15.6 Å². The van der Waals surface area contributed by atoms with Gasteiger partial charge in [-0.2, -0.15) is 0 Å². The number of carbonyl (C=O) groups excluding carboxylic acids is 1. The zero-order chi connectivity index (χ0) is 17.8. The van der Waals surface area contributed by atoms with Crippen molar-refractivity contribution in [1.82, 2.24) is 20.3 Å². The highest BCUT2D eigenvalue weighted by molar-refractivity contribution is 7.18. The van der Waals surface area contributed by atoms with Crippen molar-refractivity contribution in [3.05, 3.63) is 21.5 Å². The zero-order valence-corrected chi connectivity index (χ0v) is 15.9. The van der Waals surface area contributed by atoms with E-state index in [4.69, 9.17) is 17.3 Å². The summed E-state index contributed by atoms with van der Waals surface area (Å²) in [5.74, 6) is 0.560. The average molecular weight is 382 g/mol. The van der Waals surface area contributed by atoms with E-state index in [0.717, 1.165) is 17.7 Å². The minimum absolute atomic E-state index is 0.0123.